The second kappa shape index (κ2) is 10.0. The molecule has 3 rings (SSSR count). The molecule has 2 aliphatic heterocycles. The molecule has 0 aromatic rings. The SMILES string of the molecule is O=C(CN1CCN(C(=O)CN2CCOCC2)CC1)NC(=O)NC1CCCC1. The molecule has 9 nitrogen and oxygen atoms in total. The van der Waals surface area contributed by atoms with E-state index in [1.54, 1.807) is 0 Å². The van der Waals surface area contributed by atoms with Crippen LogP contribution in [0.4, 0.5) is 4.79 Å². The molecule has 9 heteroatoms. The molecule has 27 heavy (non-hydrogen) atoms. The molecular formula is C18H31N5O4. The number of hydrogen-bond acceptors (Lipinski definition) is 6. The summed E-state index contributed by atoms with van der Waals surface area (Å²) in [7, 11) is 0. The third-order valence-electron chi connectivity index (χ3n) is 5.50. The second-order valence-corrected chi connectivity index (χ2v) is 7.55. The van der Waals surface area contributed by atoms with Crippen molar-refractivity contribution >= 4 is 17.8 Å². The Balaban J connectivity index is 1.31. The molecule has 0 aromatic heterocycles. The van der Waals surface area contributed by atoms with Gasteiger partial charge in [-0.3, -0.25) is 24.7 Å². The van der Waals surface area contributed by atoms with Crippen LogP contribution in [0.5, 0.6) is 0 Å². The maximum Gasteiger partial charge on any atom is 0.321 e. The summed E-state index contributed by atoms with van der Waals surface area (Å²) in [6, 6.07) is -0.204. The van der Waals surface area contributed by atoms with Gasteiger partial charge in [-0.1, -0.05) is 12.8 Å². The van der Waals surface area contributed by atoms with Gasteiger partial charge in [0.2, 0.25) is 11.8 Å². The van der Waals surface area contributed by atoms with Gasteiger partial charge in [0.05, 0.1) is 26.3 Å². The first kappa shape index (κ1) is 20.0. The van der Waals surface area contributed by atoms with Crippen LogP contribution in [0.1, 0.15) is 25.7 Å². The Labute approximate surface area is 160 Å². The van der Waals surface area contributed by atoms with Crippen molar-refractivity contribution in [3.8, 4) is 0 Å². The third kappa shape index (κ3) is 6.44. The molecular weight excluding hydrogens is 350 g/mol. The zero-order valence-electron chi connectivity index (χ0n) is 16.0. The molecule has 0 radical (unpaired) electrons. The van der Waals surface area contributed by atoms with Crippen LogP contribution in [-0.4, -0.2) is 104 Å². The summed E-state index contributed by atoms with van der Waals surface area (Å²) < 4.78 is 5.30. The molecule has 0 spiro atoms. The predicted molar refractivity (Wildman–Crippen MR) is 99.2 cm³/mol. The average Bonchev–Trinajstić information content (AvgIpc) is 3.15. The summed E-state index contributed by atoms with van der Waals surface area (Å²) in [5.74, 6) is -0.157. The quantitative estimate of drug-likeness (QED) is 0.650. The first-order valence-corrected chi connectivity index (χ1v) is 10.0. The Kier molecular flexibility index (Phi) is 7.42. The van der Waals surface area contributed by atoms with E-state index in [1.807, 2.05) is 9.80 Å². The number of hydrogen-bond donors (Lipinski definition) is 2. The van der Waals surface area contributed by atoms with Gasteiger partial charge >= 0.3 is 6.03 Å². The minimum atomic E-state index is -0.397. The summed E-state index contributed by atoms with van der Waals surface area (Å²) in [5, 5.41) is 5.26. The van der Waals surface area contributed by atoms with E-state index in [-0.39, 0.29) is 24.4 Å². The van der Waals surface area contributed by atoms with E-state index in [1.165, 1.54) is 0 Å². The summed E-state index contributed by atoms with van der Waals surface area (Å²) in [5.41, 5.74) is 0. The van der Waals surface area contributed by atoms with Crippen LogP contribution >= 0.6 is 0 Å². The minimum Gasteiger partial charge on any atom is -0.379 e. The molecule has 2 saturated heterocycles. The minimum absolute atomic E-state index is 0.136. The maximum absolute atomic E-state index is 12.4. The lowest BCUT2D eigenvalue weighted by molar-refractivity contribution is -0.135. The van der Waals surface area contributed by atoms with Gasteiger partial charge in [0, 0.05) is 45.3 Å². The molecule has 0 bridgehead atoms. The fraction of sp³-hybridized carbons (Fsp3) is 0.833. The fourth-order valence-electron chi connectivity index (χ4n) is 3.87. The number of urea groups is 1. The molecule has 1 aliphatic carbocycles. The van der Waals surface area contributed by atoms with Gasteiger partial charge in [-0.25, -0.2) is 4.79 Å². The molecule has 1 saturated carbocycles. The van der Waals surface area contributed by atoms with E-state index in [0.29, 0.717) is 45.9 Å². The number of rotatable bonds is 5. The van der Waals surface area contributed by atoms with Crippen molar-refractivity contribution in [2.45, 2.75) is 31.7 Å². The van der Waals surface area contributed by atoms with Gasteiger partial charge in [0.25, 0.3) is 0 Å². The number of morpholine rings is 1. The smallest absolute Gasteiger partial charge is 0.321 e. The maximum atomic E-state index is 12.4. The van der Waals surface area contributed by atoms with Crippen molar-refractivity contribution in [2.24, 2.45) is 0 Å². The monoisotopic (exact) mass is 381 g/mol. The van der Waals surface area contributed by atoms with Gasteiger partial charge < -0.3 is 15.0 Å². The van der Waals surface area contributed by atoms with E-state index >= 15 is 0 Å². The average molecular weight is 381 g/mol. The Bertz CT molecular complexity index is 524. The van der Waals surface area contributed by atoms with Crippen LogP contribution in [0.3, 0.4) is 0 Å². The summed E-state index contributed by atoms with van der Waals surface area (Å²) in [4.78, 5) is 42.3. The largest absolute Gasteiger partial charge is 0.379 e. The first-order chi connectivity index (χ1) is 13.1. The topological polar surface area (TPSA) is 94.2 Å². The predicted octanol–water partition coefficient (Wildman–Crippen LogP) is -0.769. The number of carbonyl (C=O) groups excluding carboxylic acids is 3. The van der Waals surface area contributed by atoms with Crippen molar-refractivity contribution in [1.29, 1.82) is 0 Å². The number of carbonyl (C=O) groups is 3. The molecule has 0 aromatic carbocycles. The fourth-order valence-corrected chi connectivity index (χ4v) is 3.87. The number of amides is 4. The number of piperazine rings is 1. The third-order valence-corrected chi connectivity index (χ3v) is 5.50. The highest BCUT2D eigenvalue weighted by Crippen LogP contribution is 2.17. The van der Waals surface area contributed by atoms with Gasteiger partial charge in [0.1, 0.15) is 0 Å². The van der Waals surface area contributed by atoms with Crippen molar-refractivity contribution in [2.75, 3.05) is 65.6 Å². The molecule has 3 aliphatic rings. The number of nitrogens with zero attached hydrogens (tertiary/aromatic N) is 3. The van der Waals surface area contributed by atoms with Crippen LogP contribution in [-0.2, 0) is 14.3 Å². The van der Waals surface area contributed by atoms with Gasteiger partial charge in [-0.2, -0.15) is 0 Å². The Hall–Kier alpha value is -1.71. The lowest BCUT2D eigenvalue weighted by Crippen LogP contribution is -2.54. The number of ether oxygens (including phenoxy) is 1. The molecule has 0 unspecified atom stereocenters. The normalized spacial score (nSPS) is 22.6. The Morgan fingerprint density at radius 3 is 2.15 bits per heavy atom. The highest BCUT2D eigenvalue weighted by atomic mass is 16.5. The molecule has 4 amide bonds. The van der Waals surface area contributed by atoms with Crippen molar-refractivity contribution in [3.05, 3.63) is 0 Å². The van der Waals surface area contributed by atoms with E-state index in [9.17, 15) is 14.4 Å². The second-order valence-electron chi connectivity index (χ2n) is 7.55. The highest BCUT2D eigenvalue weighted by molar-refractivity contribution is 5.95. The van der Waals surface area contributed by atoms with Crippen LogP contribution in [0, 0.1) is 0 Å². The molecule has 0 atom stereocenters. The summed E-state index contributed by atoms with van der Waals surface area (Å²) >= 11 is 0. The molecule has 2 N–H and O–H groups in total. The van der Waals surface area contributed by atoms with Crippen molar-refractivity contribution < 1.29 is 19.1 Å². The number of nitrogens with one attached hydrogen (secondary N) is 2. The van der Waals surface area contributed by atoms with Gasteiger partial charge in [-0.15, -0.1) is 0 Å². The zero-order chi connectivity index (χ0) is 19.1. The van der Waals surface area contributed by atoms with E-state index in [4.69, 9.17) is 4.74 Å². The van der Waals surface area contributed by atoms with Crippen molar-refractivity contribution in [3.63, 3.8) is 0 Å². The van der Waals surface area contributed by atoms with E-state index in [2.05, 4.69) is 15.5 Å². The standard InChI is InChI=1S/C18H31N5O4/c24-16(20-18(26)19-15-3-1-2-4-15)13-21-5-7-23(8-6-21)17(25)14-22-9-11-27-12-10-22/h15H,1-14H2,(H2,19,20,24,26). The van der Waals surface area contributed by atoms with Crippen LogP contribution < -0.4 is 10.6 Å². The summed E-state index contributed by atoms with van der Waals surface area (Å²) in [6.45, 7) is 6.11. The van der Waals surface area contributed by atoms with Crippen LogP contribution in [0.2, 0.25) is 0 Å². The van der Waals surface area contributed by atoms with Gasteiger partial charge in [0.15, 0.2) is 0 Å². The molecule has 152 valence electrons. The van der Waals surface area contributed by atoms with E-state index < -0.39 is 6.03 Å². The number of imide groups is 1. The molecule has 3 fully saturated rings. The first-order valence-electron chi connectivity index (χ1n) is 10.0. The van der Waals surface area contributed by atoms with Crippen LogP contribution in [0.15, 0.2) is 0 Å². The Morgan fingerprint density at radius 1 is 0.852 bits per heavy atom. The lowest BCUT2D eigenvalue weighted by atomic mass is 10.2. The molecule has 2 heterocycles. The van der Waals surface area contributed by atoms with Crippen molar-refractivity contribution in [1.82, 2.24) is 25.3 Å². The zero-order valence-corrected chi connectivity index (χ0v) is 16.0. The lowest BCUT2D eigenvalue weighted by Gasteiger charge is -2.36. The Morgan fingerprint density at radius 2 is 1.48 bits per heavy atom. The van der Waals surface area contributed by atoms with Crippen LogP contribution in [0.25, 0.3) is 0 Å². The van der Waals surface area contributed by atoms with E-state index in [0.717, 1.165) is 38.8 Å². The summed E-state index contributed by atoms with van der Waals surface area (Å²) in [6.07, 6.45) is 4.24. The highest BCUT2D eigenvalue weighted by Gasteiger charge is 2.25. The van der Waals surface area contributed by atoms with Gasteiger partial charge in [-0.05, 0) is 12.8 Å².